The van der Waals surface area contributed by atoms with Crippen LogP contribution in [0.3, 0.4) is 0 Å². The van der Waals surface area contributed by atoms with E-state index in [9.17, 15) is 4.79 Å². The Bertz CT molecular complexity index is 463. The summed E-state index contributed by atoms with van der Waals surface area (Å²) >= 11 is 0. The first-order valence-corrected chi connectivity index (χ1v) is 7.73. The summed E-state index contributed by atoms with van der Waals surface area (Å²) in [5.41, 5.74) is 1.00. The summed E-state index contributed by atoms with van der Waals surface area (Å²) in [5.74, 6) is 0.211. The molecule has 1 aromatic carbocycles. The molecule has 0 aliphatic carbocycles. The predicted molar refractivity (Wildman–Crippen MR) is 78.6 cm³/mol. The Morgan fingerprint density at radius 1 is 1.25 bits per heavy atom. The van der Waals surface area contributed by atoms with Gasteiger partial charge >= 0.3 is 5.97 Å². The van der Waals surface area contributed by atoms with E-state index >= 15 is 0 Å². The summed E-state index contributed by atoms with van der Waals surface area (Å²) in [6, 6.07) is 10.4. The highest BCUT2D eigenvalue weighted by Crippen LogP contribution is 2.46. The Labute approximate surface area is 120 Å². The molecule has 0 bridgehead atoms. The first-order chi connectivity index (χ1) is 9.73. The Balaban J connectivity index is 1.79. The van der Waals surface area contributed by atoms with Gasteiger partial charge in [0, 0.05) is 31.8 Å². The molecule has 2 saturated heterocycles. The van der Waals surface area contributed by atoms with Gasteiger partial charge < -0.3 is 9.64 Å². The Morgan fingerprint density at radius 3 is 2.60 bits per heavy atom. The van der Waals surface area contributed by atoms with E-state index in [1.807, 2.05) is 6.07 Å². The number of piperidine rings is 1. The van der Waals surface area contributed by atoms with E-state index in [1.54, 1.807) is 0 Å². The fourth-order valence-electron chi connectivity index (χ4n) is 3.72. The maximum atomic E-state index is 11.9. The van der Waals surface area contributed by atoms with Crippen LogP contribution in [0.15, 0.2) is 30.3 Å². The van der Waals surface area contributed by atoms with E-state index in [4.69, 9.17) is 4.74 Å². The average Bonchev–Trinajstić information content (AvgIpc) is 2.79. The molecule has 3 rings (SSSR count). The topological polar surface area (TPSA) is 29.5 Å². The number of hydrogen-bond acceptors (Lipinski definition) is 3. The van der Waals surface area contributed by atoms with E-state index in [1.165, 1.54) is 12.0 Å². The van der Waals surface area contributed by atoms with Crippen molar-refractivity contribution in [1.82, 2.24) is 4.90 Å². The Kier molecular flexibility index (Phi) is 3.79. The largest absolute Gasteiger partial charge is 0.458 e. The standard InChI is InChI=1S/C17H23NO2/c1-2-10-18-11-8-17(9-12-18)15(13-16(19)20-17)14-6-4-3-5-7-14/h3-7,15H,2,8-13H2,1H3. The number of carbonyl (C=O) groups is 1. The van der Waals surface area contributed by atoms with Gasteiger partial charge in [0.25, 0.3) is 0 Å². The van der Waals surface area contributed by atoms with E-state index < -0.39 is 0 Å². The minimum absolute atomic E-state index is 0.0252. The third kappa shape index (κ3) is 2.47. The molecule has 0 aromatic heterocycles. The lowest BCUT2D eigenvalue weighted by Crippen LogP contribution is -2.47. The number of likely N-dealkylation sites (tertiary alicyclic amines) is 1. The highest BCUT2D eigenvalue weighted by atomic mass is 16.6. The van der Waals surface area contributed by atoms with Crippen LogP contribution in [-0.2, 0) is 9.53 Å². The van der Waals surface area contributed by atoms with Crippen LogP contribution in [0.2, 0.25) is 0 Å². The minimum Gasteiger partial charge on any atom is -0.458 e. The fraction of sp³-hybridized carbons (Fsp3) is 0.588. The van der Waals surface area contributed by atoms with Crippen molar-refractivity contribution < 1.29 is 9.53 Å². The second kappa shape index (κ2) is 5.57. The SMILES string of the molecule is CCCN1CCC2(CC1)OC(=O)CC2c1ccccc1. The summed E-state index contributed by atoms with van der Waals surface area (Å²) in [6.45, 7) is 5.46. The van der Waals surface area contributed by atoms with E-state index in [0.29, 0.717) is 6.42 Å². The number of hydrogen-bond donors (Lipinski definition) is 0. The van der Waals surface area contributed by atoms with Gasteiger partial charge in [0.1, 0.15) is 5.60 Å². The predicted octanol–water partition coefficient (Wildman–Crippen LogP) is 2.96. The van der Waals surface area contributed by atoms with Crippen molar-refractivity contribution >= 4 is 5.97 Å². The summed E-state index contributed by atoms with van der Waals surface area (Å²) in [7, 11) is 0. The van der Waals surface area contributed by atoms with Gasteiger partial charge in [-0.25, -0.2) is 0 Å². The number of ether oxygens (including phenoxy) is 1. The molecule has 3 heteroatoms. The van der Waals surface area contributed by atoms with Gasteiger partial charge in [-0.2, -0.15) is 0 Å². The summed E-state index contributed by atoms with van der Waals surface area (Å²) in [4.78, 5) is 14.4. The van der Waals surface area contributed by atoms with Crippen LogP contribution < -0.4 is 0 Å². The molecule has 1 aromatic rings. The van der Waals surface area contributed by atoms with E-state index in [-0.39, 0.29) is 17.5 Å². The molecule has 1 unspecified atom stereocenters. The van der Waals surface area contributed by atoms with Crippen molar-refractivity contribution in [2.24, 2.45) is 0 Å². The van der Waals surface area contributed by atoms with Crippen LogP contribution in [0.25, 0.3) is 0 Å². The van der Waals surface area contributed by atoms with Crippen LogP contribution in [0, 0.1) is 0 Å². The molecule has 20 heavy (non-hydrogen) atoms. The molecule has 108 valence electrons. The van der Waals surface area contributed by atoms with Gasteiger partial charge in [-0.15, -0.1) is 0 Å². The minimum atomic E-state index is -0.247. The zero-order valence-electron chi connectivity index (χ0n) is 12.2. The zero-order chi connectivity index (χ0) is 14.0. The molecular weight excluding hydrogens is 250 g/mol. The second-order valence-corrected chi connectivity index (χ2v) is 6.05. The molecule has 2 heterocycles. The van der Waals surface area contributed by atoms with Gasteiger partial charge in [-0.05, 0) is 18.5 Å². The molecule has 2 fully saturated rings. The van der Waals surface area contributed by atoms with E-state index in [2.05, 4.69) is 36.1 Å². The van der Waals surface area contributed by atoms with Crippen molar-refractivity contribution in [3.63, 3.8) is 0 Å². The third-order valence-corrected chi connectivity index (χ3v) is 4.77. The molecule has 0 amide bonds. The van der Waals surface area contributed by atoms with E-state index in [0.717, 1.165) is 32.5 Å². The fourth-order valence-corrected chi connectivity index (χ4v) is 3.72. The highest BCUT2D eigenvalue weighted by Gasteiger charge is 2.50. The van der Waals surface area contributed by atoms with Crippen molar-refractivity contribution in [3.05, 3.63) is 35.9 Å². The Hall–Kier alpha value is -1.35. The van der Waals surface area contributed by atoms with Crippen LogP contribution in [0.5, 0.6) is 0 Å². The lowest BCUT2D eigenvalue weighted by Gasteiger charge is -2.41. The molecule has 0 saturated carbocycles. The maximum Gasteiger partial charge on any atom is 0.307 e. The van der Waals surface area contributed by atoms with Crippen molar-refractivity contribution in [3.8, 4) is 0 Å². The second-order valence-electron chi connectivity index (χ2n) is 6.05. The van der Waals surface area contributed by atoms with Crippen LogP contribution in [0.1, 0.15) is 44.1 Å². The van der Waals surface area contributed by atoms with Crippen molar-refractivity contribution in [2.75, 3.05) is 19.6 Å². The molecule has 0 radical (unpaired) electrons. The molecule has 0 N–H and O–H groups in total. The first kappa shape index (κ1) is 13.6. The molecule has 3 nitrogen and oxygen atoms in total. The van der Waals surface area contributed by atoms with Gasteiger partial charge in [-0.3, -0.25) is 4.79 Å². The lowest BCUT2D eigenvalue weighted by atomic mass is 9.76. The molecule has 2 aliphatic heterocycles. The summed E-state index contributed by atoms with van der Waals surface area (Å²) in [6.07, 6.45) is 3.67. The number of esters is 1. The average molecular weight is 273 g/mol. The third-order valence-electron chi connectivity index (χ3n) is 4.77. The summed E-state index contributed by atoms with van der Waals surface area (Å²) < 4.78 is 5.82. The van der Waals surface area contributed by atoms with Crippen LogP contribution >= 0.6 is 0 Å². The number of benzene rings is 1. The number of carbonyl (C=O) groups excluding carboxylic acids is 1. The quantitative estimate of drug-likeness (QED) is 0.793. The smallest absolute Gasteiger partial charge is 0.307 e. The van der Waals surface area contributed by atoms with Gasteiger partial charge in [-0.1, -0.05) is 37.3 Å². The molecule has 1 atom stereocenters. The zero-order valence-corrected chi connectivity index (χ0v) is 12.2. The van der Waals surface area contributed by atoms with Gasteiger partial charge in [0.05, 0.1) is 6.42 Å². The molecule has 2 aliphatic rings. The lowest BCUT2D eigenvalue weighted by molar-refractivity contribution is -0.152. The highest BCUT2D eigenvalue weighted by molar-refractivity contribution is 5.74. The van der Waals surface area contributed by atoms with Gasteiger partial charge in [0.2, 0.25) is 0 Å². The van der Waals surface area contributed by atoms with Gasteiger partial charge in [0.15, 0.2) is 0 Å². The number of nitrogens with zero attached hydrogens (tertiary/aromatic N) is 1. The summed E-state index contributed by atoms with van der Waals surface area (Å²) in [5, 5.41) is 0. The monoisotopic (exact) mass is 273 g/mol. The normalized spacial score (nSPS) is 25.9. The van der Waals surface area contributed by atoms with Crippen LogP contribution in [0.4, 0.5) is 0 Å². The van der Waals surface area contributed by atoms with Crippen LogP contribution in [-0.4, -0.2) is 36.1 Å². The maximum absolute atomic E-state index is 11.9. The first-order valence-electron chi connectivity index (χ1n) is 7.73. The number of rotatable bonds is 3. The van der Waals surface area contributed by atoms with Crippen molar-refractivity contribution in [2.45, 2.75) is 44.1 Å². The Morgan fingerprint density at radius 2 is 1.95 bits per heavy atom. The molecule has 1 spiro atoms. The van der Waals surface area contributed by atoms with Crippen molar-refractivity contribution in [1.29, 1.82) is 0 Å². The molecular formula is C17H23NO2.